The summed E-state index contributed by atoms with van der Waals surface area (Å²) in [6.07, 6.45) is -0.491. The molecular formula is C12H18N2O4. The third-order valence-corrected chi connectivity index (χ3v) is 2.52. The van der Waals surface area contributed by atoms with E-state index in [9.17, 15) is 15.0 Å². The van der Waals surface area contributed by atoms with E-state index in [4.69, 9.17) is 0 Å². The number of phenolic OH excluding ortho intramolecular Hbond substituents is 2. The summed E-state index contributed by atoms with van der Waals surface area (Å²) in [6.45, 7) is 2.70. The molecule has 0 spiro atoms. The van der Waals surface area contributed by atoms with Crippen molar-refractivity contribution in [3.05, 3.63) is 23.8 Å². The molecule has 0 saturated heterocycles. The van der Waals surface area contributed by atoms with Crippen LogP contribution in [0.15, 0.2) is 18.2 Å². The lowest BCUT2D eigenvalue weighted by Gasteiger charge is -2.16. The first kappa shape index (κ1) is 14.1. The first-order valence-electron chi connectivity index (χ1n) is 5.62. The number of ether oxygens (including phenoxy) is 1. The first-order chi connectivity index (χ1) is 8.56. The van der Waals surface area contributed by atoms with Crippen molar-refractivity contribution in [3.8, 4) is 11.5 Å². The highest BCUT2D eigenvalue weighted by Crippen LogP contribution is 2.31. The Morgan fingerprint density at radius 1 is 1.33 bits per heavy atom. The van der Waals surface area contributed by atoms with Crippen LogP contribution in [-0.2, 0) is 4.74 Å². The lowest BCUT2D eigenvalue weighted by Crippen LogP contribution is -2.32. The molecule has 100 valence electrons. The van der Waals surface area contributed by atoms with Crippen molar-refractivity contribution in [3.63, 3.8) is 0 Å². The van der Waals surface area contributed by atoms with Gasteiger partial charge < -0.3 is 25.6 Å². The zero-order chi connectivity index (χ0) is 13.5. The van der Waals surface area contributed by atoms with Gasteiger partial charge in [-0.3, -0.25) is 0 Å². The Bertz CT molecular complexity index is 389. The summed E-state index contributed by atoms with van der Waals surface area (Å²) in [7, 11) is 1.30. The molecule has 4 N–H and O–H groups in total. The number of methoxy groups -OCH3 is 1. The number of aromatic hydroxyl groups is 2. The van der Waals surface area contributed by atoms with E-state index in [1.54, 1.807) is 6.07 Å². The van der Waals surface area contributed by atoms with Crippen LogP contribution in [0.2, 0.25) is 0 Å². The van der Waals surface area contributed by atoms with Crippen LogP contribution in [0.4, 0.5) is 4.79 Å². The fourth-order valence-electron chi connectivity index (χ4n) is 1.61. The molecule has 1 rings (SSSR count). The van der Waals surface area contributed by atoms with Gasteiger partial charge in [0, 0.05) is 19.1 Å². The minimum Gasteiger partial charge on any atom is -0.507 e. The molecule has 0 saturated carbocycles. The maximum atomic E-state index is 10.8. The zero-order valence-corrected chi connectivity index (χ0v) is 10.4. The van der Waals surface area contributed by atoms with Gasteiger partial charge in [0.1, 0.15) is 11.5 Å². The molecule has 0 heterocycles. The fourth-order valence-corrected chi connectivity index (χ4v) is 1.61. The molecule has 0 aliphatic rings. The molecule has 0 aromatic heterocycles. The normalized spacial score (nSPS) is 11.9. The number of alkyl carbamates (subject to hydrolysis) is 1. The number of carbonyl (C=O) groups is 1. The molecule has 6 nitrogen and oxygen atoms in total. The Morgan fingerprint density at radius 3 is 2.50 bits per heavy atom. The van der Waals surface area contributed by atoms with Gasteiger partial charge in [-0.15, -0.1) is 0 Å². The van der Waals surface area contributed by atoms with Crippen LogP contribution in [0.1, 0.15) is 18.5 Å². The molecule has 1 unspecified atom stereocenters. The highest BCUT2D eigenvalue weighted by atomic mass is 16.5. The molecule has 1 aromatic rings. The van der Waals surface area contributed by atoms with E-state index in [0.29, 0.717) is 18.7 Å². The molecule has 1 amide bonds. The van der Waals surface area contributed by atoms with Crippen molar-refractivity contribution in [2.24, 2.45) is 0 Å². The number of carbonyl (C=O) groups excluding carboxylic acids is 1. The smallest absolute Gasteiger partial charge is 0.406 e. The van der Waals surface area contributed by atoms with Gasteiger partial charge in [-0.05, 0) is 19.1 Å². The topological polar surface area (TPSA) is 90.8 Å². The summed E-state index contributed by atoms with van der Waals surface area (Å²) in [5.74, 6) is 0.0758. The number of hydrogen-bond acceptors (Lipinski definition) is 5. The second-order valence-corrected chi connectivity index (χ2v) is 3.80. The van der Waals surface area contributed by atoms with E-state index in [1.807, 2.05) is 6.92 Å². The van der Waals surface area contributed by atoms with Gasteiger partial charge in [0.15, 0.2) is 0 Å². The number of hydrogen-bond donors (Lipinski definition) is 4. The van der Waals surface area contributed by atoms with Crippen LogP contribution in [0.25, 0.3) is 0 Å². The monoisotopic (exact) mass is 254 g/mol. The van der Waals surface area contributed by atoms with Gasteiger partial charge in [0.2, 0.25) is 0 Å². The predicted octanol–water partition coefficient (Wildman–Crippen LogP) is 1.10. The van der Waals surface area contributed by atoms with Gasteiger partial charge in [-0.2, -0.15) is 0 Å². The molecule has 1 aromatic carbocycles. The van der Waals surface area contributed by atoms with E-state index in [-0.39, 0.29) is 17.5 Å². The van der Waals surface area contributed by atoms with Gasteiger partial charge >= 0.3 is 6.09 Å². The van der Waals surface area contributed by atoms with Crippen molar-refractivity contribution in [1.82, 2.24) is 10.6 Å². The quantitative estimate of drug-likeness (QED) is 0.591. The standard InChI is InChI=1S/C12H18N2O4/c1-8(13-6-7-14-12(17)18-2)11-9(15)4-3-5-10(11)16/h3-5,8,13,15-16H,6-7H2,1-2H3,(H,14,17). The lowest BCUT2D eigenvalue weighted by atomic mass is 10.1. The van der Waals surface area contributed by atoms with Crippen molar-refractivity contribution in [2.75, 3.05) is 20.2 Å². The lowest BCUT2D eigenvalue weighted by molar-refractivity contribution is 0.171. The molecule has 18 heavy (non-hydrogen) atoms. The summed E-state index contributed by atoms with van der Waals surface area (Å²) < 4.78 is 4.42. The predicted molar refractivity (Wildman–Crippen MR) is 66.6 cm³/mol. The number of phenols is 2. The fraction of sp³-hybridized carbons (Fsp3) is 0.417. The Kier molecular flexibility index (Phi) is 5.26. The van der Waals surface area contributed by atoms with Crippen LogP contribution in [0.3, 0.4) is 0 Å². The Balaban J connectivity index is 2.46. The highest BCUT2D eigenvalue weighted by molar-refractivity contribution is 5.66. The van der Waals surface area contributed by atoms with Crippen molar-refractivity contribution in [2.45, 2.75) is 13.0 Å². The van der Waals surface area contributed by atoms with E-state index in [0.717, 1.165) is 0 Å². The van der Waals surface area contributed by atoms with Gasteiger partial charge in [0.25, 0.3) is 0 Å². The number of benzene rings is 1. The van der Waals surface area contributed by atoms with Gasteiger partial charge in [0.05, 0.1) is 12.7 Å². The molecule has 0 aliphatic carbocycles. The third-order valence-electron chi connectivity index (χ3n) is 2.52. The van der Waals surface area contributed by atoms with Gasteiger partial charge in [-0.1, -0.05) is 6.07 Å². The van der Waals surface area contributed by atoms with E-state index < -0.39 is 6.09 Å². The van der Waals surface area contributed by atoms with E-state index in [2.05, 4.69) is 15.4 Å². The minimum atomic E-state index is -0.491. The average molecular weight is 254 g/mol. The second kappa shape index (κ2) is 6.70. The second-order valence-electron chi connectivity index (χ2n) is 3.80. The summed E-state index contributed by atoms with van der Waals surface area (Å²) in [5, 5.41) is 24.9. The van der Waals surface area contributed by atoms with Crippen molar-refractivity contribution in [1.29, 1.82) is 0 Å². The molecule has 1 atom stereocenters. The summed E-state index contributed by atoms with van der Waals surface area (Å²) in [4.78, 5) is 10.8. The third kappa shape index (κ3) is 3.81. The minimum absolute atomic E-state index is 0.0379. The molecule has 0 aliphatic heterocycles. The number of nitrogens with one attached hydrogen (secondary N) is 2. The van der Waals surface area contributed by atoms with Crippen LogP contribution >= 0.6 is 0 Å². The van der Waals surface area contributed by atoms with E-state index in [1.165, 1.54) is 19.2 Å². The average Bonchev–Trinajstić information content (AvgIpc) is 2.34. The van der Waals surface area contributed by atoms with Crippen LogP contribution in [-0.4, -0.2) is 36.5 Å². The Hall–Kier alpha value is -1.95. The molecule has 0 fully saturated rings. The first-order valence-corrected chi connectivity index (χ1v) is 5.62. The van der Waals surface area contributed by atoms with Crippen LogP contribution in [0.5, 0.6) is 11.5 Å². The van der Waals surface area contributed by atoms with Crippen LogP contribution < -0.4 is 10.6 Å². The summed E-state index contributed by atoms with van der Waals surface area (Å²) in [6, 6.07) is 4.37. The van der Waals surface area contributed by atoms with Crippen molar-refractivity contribution >= 4 is 6.09 Å². The summed E-state index contributed by atoms with van der Waals surface area (Å²) in [5.41, 5.74) is 0.440. The van der Waals surface area contributed by atoms with Gasteiger partial charge in [-0.25, -0.2) is 4.79 Å². The Morgan fingerprint density at radius 2 is 1.94 bits per heavy atom. The summed E-state index contributed by atoms with van der Waals surface area (Å²) >= 11 is 0. The van der Waals surface area contributed by atoms with E-state index >= 15 is 0 Å². The largest absolute Gasteiger partial charge is 0.507 e. The SMILES string of the molecule is COC(=O)NCCNC(C)c1c(O)cccc1O. The van der Waals surface area contributed by atoms with Crippen molar-refractivity contribution < 1.29 is 19.7 Å². The maximum Gasteiger partial charge on any atom is 0.406 e. The molecule has 0 bridgehead atoms. The Labute approximate surface area is 106 Å². The maximum absolute atomic E-state index is 10.8. The molecule has 0 radical (unpaired) electrons. The highest BCUT2D eigenvalue weighted by Gasteiger charge is 2.14. The molecular weight excluding hydrogens is 236 g/mol. The molecule has 6 heteroatoms. The number of rotatable bonds is 5. The van der Waals surface area contributed by atoms with Crippen LogP contribution in [0, 0.1) is 0 Å². The zero-order valence-electron chi connectivity index (χ0n) is 10.4. The number of amides is 1.